The average molecular weight is 84.1 g/mol. The highest BCUT2D eigenvalue weighted by Gasteiger charge is 2.02. The first-order valence-corrected chi connectivity index (χ1v) is 1.97. The van der Waals surface area contributed by atoms with E-state index in [2.05, 4.69) is 11.4 Å². The molecule has 0 aromatic heterocycles. The van der Waals surface area contributed by atoms with E-state index in [0.717, 1.165) is 6.54 Å². The molecular formula is C4H6NO. The summed E-state index contributed by atoms with van der Waals surface area (Å²) in [6, 6.07) is 0. The summed E-state index contributed by atoms with van der Waals surface area (Å²) in [4.78, 5) is 3.69. The van der Waals surface area contributed by atoms with Gasteiger partial charge in [0.25, 0.3) is 6.40 Å². The molecule has 0 bridgehead atoms. The third-order valence-electron chi connectivity index (χ3n) is 0.667. The molecule has 1 aliphatic heterocycles. The van der Waals surface area contributed by atoms with Crippen LogP contribution in [0.5, 0.6) is 0 Å². The smallest absolute Gasteiger partial charge is 0.273 e. The maximum absolute atomic E-state index is 4.74. The lowest BCUT2D eigenvalue weighted by atomic mass is 10.4. The highest BCUT2D eigenvalue weighted by Crippen LogP contribution is 1.93. The fraction of sp³-hybridized carbons (Fsp3) is 0.750. The van der Waals surface area contributed by atoms with E-state index in [1.54, 1.807) is 0 Å². The monoisotopic (exact) mass is 84.0 g/mol. The van der Waals surface area contributed by atoms with Gasteiger partial charge in [-0.2, -0.15) is 0 Å². The number of nitrogens with zero attached hydrogens (tertiary/aromatic N) is 1. The minimum Gasteiger partial charge on any atom is -0.469 e. The van der Waals surface area contributed by atoms with Crippen LogP contribution in [-0.2, 0) is 4.74 Å². The van der Waals surface area contributed by atoms with Gasteiger partial charge in [-0.25, -0.2) is 4.99 Å². The fourth-order valence-corrected chi connectivity index (χ4v) is 0.330. The van der Waals surface area contributed by atoms with Crippen molar-refractivity contribution in [2.45, 2.75) is 13.0 Å². The van der Waals surface area contributed by atoms with Crippen LogP contribution < -0.4 is 0 Å². The van der Waals surface area contributed by atoms with Gasteiger partial charge in [0.1, 0.15) is 6.10 Å². The molecule has 0 aromatic rings. The van der Waals surface area contributed by atoms with E-state index >= 15 is 0 Å². The fourth-order valence-electron chi connectivity index (χ4n) is 0.330. The van der Waals surface area contributed by atoms with Gasteiger partial charge in [-0.15, -0.1) is 0 Å². The average Bonchev–Trinajstić information content (AvgIpc) is 1.86. The topological polar surface area (TPSA) is 21.6 Å². The lowest BCUT2D eigenvalue weighted by Crippen LogP contribution is -2.01. The van der Waals surface area contributed by atoms with Crippen molar-refractivity contribution < 1.29 is 4.74 Å². The van der Waals surface area contributed by atoms with Crippen LogP contribution in [0.25, 0.3) is 0 Å². The van der Waals surface area contributed by atoms with Gasteiger partial charge in [0, 0.05) is 0 Å². The van der Waals surface area contributed by atoms with Crippen molar-refractivity contribution in [3.05, 3.63) is 0 Å². The Balaban J connectivity index is 2.32. The lowest BCUT2D eigenvalue weighted by molar-refractivity contribution is 0.256. The van der Waals surface area contributed by atoms with Crippen LogP contribution in [0.3, 0.4) is 0 Å². The molecule has 1 heterocycles. The van der Waals surface area contributed by atoms with Crippen molar-refractivity contribution in [1.29, 1.82) is 0 Å². The summed E-state index contributed by atoms with van der Waals surface area (Å²) in [5.74, 6) is 0. The number of hydrogen-bond donors (Lipinski definition) is 0. The molecule has 1 atom stereocenters. The quantitative estimate of drug-likeness (QED) is 0.414. The Morgan fingerprint density at radius 3 is 3.00 bits per heavy atom. The van der Waals surface area contributed by atoms with E-state index in [9.17, 15) is 0 Å². The van der Waals surface area contributed by atoms with Gasteiger partial charge >= 0.3 is 0 Å². The molecule has 1 unspecified atom stereocenters. The summed E-state index contributed by atoms with van der Waals surface area (Å²) in [7, 11) is 0. The summed E-state index contributed by atoms with van der Waals surface area (Å²) in [5.41, 5.74) is 0. The van der Waals surface area contributed by atoms with Crippen molar-refractivity contribution in [1.82, 2.24) is 0 Å². The largest absolute Gasteiger partial charge is 0.469 e. The van der Waals surface area contributed by atoms with Crippen molar-refractivity contribution in [3.63, 3.8) is 0 Å². The first kappa shape index (κ1) is 3.65. The summed E-state index contributed by atoms with van der Waals surface area (Å²) < 4.78 is 4.74. The molecule has 2 heteroatoms. The van der Waals surface area contributed by atoms with Gasteiger partial charge < -0.3 is 4.74 Å². The van der Waals surface area contributed by atoms with E-state index in [-0.39, 0.29) is 6.10 Å². The summed E-state index contributed by atoms with van der Waals surface area (Å²) in [5, 5.41) is 0. The molecule has 0 spiro atoms. The lowest BCUT2D eigenvalue weighted by Gasteiger charge is -1.93. The van der Waals surface area contributed by atoms with Crippen LogP contribution in [-0.4, -0.2) is 19.0 Å². The van der Waals surface area contributed by atoms with Crippen molar-refractivity contribution in [3.8, 4) is 0 Å². The first-order chi connectivity index (χ1) is 2.89. The van der Waals surface area contributed by atoms with Gasteiger partial charge in [-0.3, -0.25) is 0 Å². The molecule has 0 amide bonds. The normalized spacial score (nSPS) is 30.5. The first-order valence-electron chi connectivity index (χ1n) is 1.97. The van der Waals surface area contributed by atoms with Crippen LogP contribution in [0.1, 0.15) is 6.92 Å². The van der Waals surface area contributed by atoms with Crippen molar-refractivity contribution in [2.24, 2.45) is 4.99 Å². The Labute approximate surface area is 36.8 Å². The van der Waals surface area contributed by atoms with E-state index in [1.807, 2.05) is 6.92 Å². The van der Waals surface area contributed by atoms with Gasteiger partial charge in [0.15, 0.2) is 0 Å². The molecule has 0 saturated heterocycles. The van der Waals surface area contributed by atoms with Gasteiger partial charge in [0.2, 0.25) is 0 Å². The standard InChI is InChI=1S/C4H6NO/c1-4-2-5-3-6-4/h4H,2H2,1H3. The third-order valence-corrected chi connectivity index (χ3v) is 0.667. The molecule has 0 fully saturated rings. The maximum atomic E-state index is 4.74. The molecule has 0 aliphatic carbocycles. The van der Waals surface area contributed by atoms with Crippen LogP contribution in [0.15, 0.2) is 4.99 Å². The van der Waals surface area contributed by atoms with Crippen LogP contribution in [0, 0.1) is 0 Å². The SMILES string of the molecule is CC1CN=[C]O1. The molecule has 1 rings (SSSR count). The van der Waals surface area contributed by atoms with E-state index < -0.39 is 0 Å². The predicted octanol–water partition coefficient (Wildman–Crippen LogP) is 0.310. The molecule has 1 radical (unpaired) electrons. The zero-order valence-corrected chi connectivity index (χ0v) is 3.64. The van der Waals surface area contributed by atoms with E-state index in [0.29, 0.717) is 0 Å². The maximum Gasteiger partial charge on any atom is 0.273 e. The Morgan fingerprint density at radius 2 is 2.83 bits per heavy atom. The molecule has 1 aliphatic rings. The Kier molecular flexibility index (Phi) is 0.783. The van der Waals surface area contributed by atoms with Gasteiger partial charge in [0.05, 0.1) is 6.54 Å². The van der Waals surface area contributed by atoms with Crippen molar-refractivity contribution >= 4 is 6.40 Å². The Hall–Kier alpha value is -0.530. The molecule has 33 valence electrons. The highest BCUT2D eigenvalue weighted by atomic mass is 16.5. The van der Waals surface area contributed by atoms with Crippen LogP contribution in [0.2, 0.25) is 0 Å². The third kappa shape index (κ3) is 0.506. The Morgan fingerprint density at radius 1 is 2.00 bits per heavy atom. The van der Waals surface area contributed by atoms with Crippen molar-refractivity contribution in [2.75, 3.05) is 6.54 Å². The molecule has 6 heavy (non-hydrogen) atoms. The Bertz CT molecular complexity index is 61.9. The molecule has 2 nitrogen and oxygen atoms in total. The number of ether oxygens (including phenoxy) is 1. The van der Waals surface area contributed by atoms with Crippen LogP contribution in [0.4, 0.5) is 0 Å². The van der Waals surface area contributed by atoms with E-state index in [4.69, 9.17) is 4.74 Å². The number of hydrogen-bond acceptors (Lipinski definition) is 2. The second-order valence-corrected chi connectivity index (χ2v) is 1.36. The molecular weight excluding hydrogens is 78.0 g/mol. The molecule has 0 saturated carbocycles. The van der Waals surface area contributed by atoms with Gasteiger partial charge in [-0.1, -0.05) is 0 Å². The van der Waals surface area contributed by atoms with Crippen LogP contribution >= 0.6 is 0 Å². The van der Waals surface area contributed by atoms with Gasteiger partial charge in [-0.05, 0) is 6.92 Å². The zero-order valence-electron chi connectivity index (χ0n) is 3.64. The molecule has 0 aromatic carbocycles. The predicted molar refractivity (Wildman–Crippen MR) is 22.8 cm³/mol. The summed E-state index contributed by atoms with van der Waals surface area (Å²) in [6.45, 7) is 2.74. The minimum absolute atomic E-state index is 0.269. The summed E-state index contributed by atoms with van der Waals surface area (Å²) in [6.07, 6.45) is 2.67. The van der Waals surface area contributed by atoms with E-state index in [1.165, 1.54) is 0 Å². The molecule has 0 N–H and O–H groups in total. The number of aliphatic imine (C=N–C) groups is 1. The number of rotatable bonds is 0. The highest BCUT2D eigenvalue weighted by molar-refractivity contribution is 5.48. The summed E-state index contributed by atoms with van der Waals surface area (Å²) >= 11 is 0. The second-order valence-electron chi connectivity index (χ2n) is 1.36. The second kappa shape index (κ2) is 1.29. The minimum atomic E-state index is 0.269. The zero-order chi connectivity index (χ0) is 4.41.